The molecule has 0 bridgehead atoms. The van der Waals surface area contributed by atoms with Gasteiger partial charge >= 0.3 is 0 Å². The van der Waals surface area contributed by atoms with E-state index in [-0.39, 0.29) is 0 Å². The highest BCUT2D eigenvalue weighted by atomic mass is 79.9. The zero-order valence-electron chi connectivity index (χ0n) is 13.4. The molecule has 0 spiro atoms. The molecule has 2 aromatic carbocycles. The van der Waals surface area contributed by atoms with Gasteiger partial charge in [-0.15, -0.1) is 11.3 Å². The Kier molecular flexibility index (Phi) is 4.33. The topological polar surface area (TPSA) is 12.5 Å². The molecular formula is C19H16BrNOS2. The van der Waals surface area contributed by atoms with Crippen molar-refractivity contribution in [1.82, 2.24) is 0 Å². The summed E-state index contributed by atoms with van der Waals surface area (Å²) in [6.45, 7) is 3.10. The molecule has 2 heterocycles. The molecule has 0 saturated heterocycles. The Hall–Kier alpha value is -1.43. The first kappa shape index (κ1) is 16.1. The summed E-state index contributed by atoms with van der Waals surface area (Å²) in [5.74, 6) is 0.887. The molecule has 1 aromatic heterocycles. The summed E-state index contributed by atoms with van der Waals surface area (Å²) in [5.41, 5.74) is 5.37. The molecule has 0 N–H and O–H groups in total. The van der Waals surface area contributed by atoms with Crippen LogP contribution < -0.4 is 9.04 Å². The number of hydrogen-bond acceptors (Lipinski definition) is 4. The SMILES string of the molecule is COc1ccc(SN2Cc3ccccc3-c3sc(Br)c(C)c32)cc1. The second-order valence-electron chi connectivity index (χ2n) is 5.64. The molecule has 0 radical (unpaired) electrons. The summed E-state index contributed by atoms with van der Waals surface area (Å²) in [7, 11) is 1.70. The molecule has 4 rings (SSSR count). The van der Waals surface area contributed by atoms with Crippen LogP contribution >= 0.6 is 39.2 Å². The molecule has 1 aliphatic rings. The fourth-order valence-electron chi connectivity index (χ4n) is 2.92. The number of halogens is 1. The van der Waals surface area contributed by atoms with Crippen LogP contribution in [0.3, 0.4) is 0 Å². The van der Waals surface area contributed by atoms with Gasteiger partial charge in [-0.1, -0.05) is 24.3 Å². The summed E-state index contributed by atoms with van der Waals surface area (Å²) in [6.07, 6.45) is 0. The predicted molar refractivity (Wildman–Crippen MR) is 107 cm³/mol. The standard InChI is InChI=1S/C19H16BrNOS2/c1-12-17-18(23-19(12)20)16-6-4-3-5-13(16)11-21(17)24-15-9-7-14(22-2)8-10-15/h3-10H,11H2,1-2H3. The van der Waals surface area contributed by atoms with Crippen LogP contribution in [0, 0.1) is 6.92 Å². The maximum absolute atomic E-state index is 5.26. The summed E-state index contributed by atoms with van der Waals surface area (Å²) < 4.78 is 8.87. The third-order valence-electron chi connectivity index (χ3n) is 4.16. The van der Waals surface area contributed by atoms with Crippen molar-refractivity contribution in [1.29, 1.82) is 0 Å². The lowest BCUT2D eigenvalue weighted by Crippen LogP contribution is -2.18. The number of thiophene rings is 1. The average molecular weight is 418 g/mol. The molecule has 24 heavy (non-hydrogen) atoms. The molecule has 0 aliphatic carbocycles. The Morgan fingerprint density at radius 3 is 2.62 bits per heavy atom. The van der Waals surface area contributed by atoms with Gasteiger partial charge in [0, 0.05) is 4.90 Å². The number of benzene rings is 2. The van der Waals surface area contributed by atoms with Gasteiger partial charge in [-0.2, -0.15) is 0 Å². The van der Waals surface area contributed by atoms with Gasteiger partial charge in [0.05, 0.1) is 28.0 Å². The lowest BCUT2D eigenvalue weighted by Gasteiger charge is -2.30. The van der Waals surface area contributed by atoms with E-state index in [0.717, 1.165) is 12.3 Å². The minimum Gasteiger partial charge on any atom is -0.497 e. The fourth-order valence-corrected chi connectivity index (χ4v) is 5.78. The van der Waals surface area contributed by atoms with Crippen LogP contribution in [0.5, 0.6) is 5.75 Å². The third-order valence-corrected chi connectivity index (χ3v) is 7.36. The van der Waals surface area contributed by atoms with Gasteiger partial charge in [-0.05, 0) is 75.8 Å². The molecule has 0 saturated carbocycles. The van der Waals surface area contributed by atoms with E-state index in [1.165, 1.54) is 35.9 Å². The Morgan fingerprint density at radius 2 is 1.88 bits per heavy atom. The number of nitrogens with zero attached hydrogens (tertiary/aromatic N) is 1. The third kappa shape index (κ3) is 2.75. The molecule has 0 amide bonds. The maximum atomic E-state index is 5.26. The van der Waals surface area contributed by atoms with E-state index in [0.29, 0.717) is 0 Å². The van der Waals surface area contributed by atoms with Crippen LogP contribution in [0.4, 0.5) is 5.69 Å². The first-order valence-corrected chi connectivity index (χ1v) is 10.0. The summed E-state index contributed by atoms with van der Waals surface area (Å²) in [4.78, 5) is 2.56. The molecular weight excluding hydrogens is 402 g/mol. The van der Waals surface area contributed by atoms with Crippen molar-refractivity contribution < 1.29 is 4.74 Å². The fraction of sp³-hybridized carbons (Fsp3) is 0.158. The van der Waals surface area contributed by atoms with Crippen LogP contribution in [-0.2, 0) is 6.54 Å². The molecule has 2 nitrogen and oxygen atoms in total. The highest BCUT2D eigenvalue weighted by molar-refractivity contribution is 9.11. The highest BCUT2D eigenvalue weighted by Crippen LogP contribution is 2.52. The maximum Gasteiger partial charge on any atom is 0.118 e. The summed E-state index contributed by atoms with van der Waals surface area (Å²) in [5, 5.41) is 0. The Balaban J connectivity index is 1.74. The van der Waals surface area contributed by atoms with Crippen molar-refractivity contribution in [3.8, 4) is 16.2 Å². The summed E-state index contributed by atoms with van der Waals surface area (Å²) in [6, 6.07) is 16.9. The van der Waals surface area contributed by atoms with Crippen molar-refractivity contribution in [2.45, 2.75) is 18.4 Å². The number of hydrogen-bond donors (Lipinski definition) is 0. The first-order valence-electron chi connectivity index (χ1n) is 7.64. The van der Waals surface area contributed by atoms with E-state index in [2.05, 4.69) is 63.6 Å². The second-order valence-corrected chi connectivity index (χ2v) is 9.07. The van der Waals surface area contributed by atoms with Crippen LogP contribution in [0.2, 0.25) is 0 Å². The lowest BCUT2D eigenvalue weighted by molar-refractivity contribution is 0.414. The van der Waals surface area contributed by atoms with Crippen molar-refractivity contribution in [3.05, 3.63) is 63.4 Å². The van der Waals surface area contributed by atoms with Crippen molar-refractivity contribution in [2.24, 2.45) is 0 Å². The van der Waals surface area contributed by atoms with Gasteiger partial charge in [-0.3, -0.25) is 0 Å². The van der Waals surface area contributed by atoms with Crippen molar-refractivity contribution >= 4 is 44.9 Å². The molecule has 3 aromatic rings. The van der Waals surface area contributed by atoms with E-state index in [1.54, 1.807) is 19.1 Å². The Morgan fingerprint density at radius 1 is 1.12 bits per heavy atom. The monoisotopic (exact) mass is 417 g/mol. The highest BCUT2D eigenvalue weighted by Gasteiger charge is 2.27. The quantitative estimate of drug-likeness (QED) is 0.449. The van der Waals surface area contributed by atoms with Gasteiger partial charge < -0.3 is 9.04 Å². The number of methoxy groups -OCH3 is 1. The van der Waals surface area contributed by atoms with Gasteiger partial charge in [-0.25, -0.2) is 0 Å². The molecule has 0 unspecified atom stereocenters. The number of rotatable bonds is 3. The smallest absolute Gasteiger partial charge is 0.118 e. The van der Waals surface area contributed by atoms with Crippen molar-refractivity contribution in [2.75, 3.05) is 11.4 Å². The molecule has 0 atom stereocenters. The Bertz CT molecular complexity index is 889. The molecule has 0 fully saturated rings. The van der Waals surface area contributed by atoms with Crippen LogP contribution in [0.15, 0.2) is 57.2 Å². The number of ether oxygens (including phenoxy) is 1. The minimum absolute atomic E-state index is 0.887. The molecule has 5 heteroatoms. The zero-order chi connectivity index (χ0) is 16.7. The van der Waals surface area contributed by atoms with Crippen LogP contribution in [0.1, 0.15) is 11.1 Å². The molecule has 122 valence electrons. The van der Waals surface area contributed by atoms with E-state index < -0.39 is 0 Å². The number of fused-ring (bicyclic) bond motifs is 3. The summed E-state index contributed by atoms with van der Waals surface area (Å²) >= 11 is 7.33. The average Bonchev–Trinajstić information content (AvgIpc) is 2.91. The Labute approximate surface area is 158 Å². The molecule has 1 aliphatic heterocycles. The van der Waals surface area contributed by atoms with Gasteiger partial charge in [0.25, 0.3) is 0 Å². The van der Waals surface area contributed by atoms with Gasteiger partial charge in [0.1, 0.15) is 5.75 Å². The zero-order valence-corrected chi connectivity index (χ0v) is 16.6. The van der Waals surface area contributed by atoms with Crippen LogP contribution in [0.25, 0.3) is 10.4 Å². The van der Waals surface area contributed by atoms with Gasteiger partial charge in [0.15, 0.2) is 0 Å². The lowest BCUT2D eigenvalue weighted by atomic mass is 10.0. The van der Waals surface area contributed by atoms with Crippen LogP contribution in [-0.4, -0.2) is 7.11 Å². The largest absolute Gasteiger partial charge is 0.497 e. The normalized spacial score (nSPS) is 12.7. The van der Waals surface area contributed by atoms with Crippen molar-refractivity contribution in [3.63, 3.8) is 0 Å². The first-order chi connectivity index (χ1) is 11.7. The van der Waals surface area contributed by atoms with Gasteiger partial charge in [0.2, 0.25) is 0 Å². The van der Waals surface area contributed by atoms with E-state index in [9.17, 15) is 0 Å². The van der Waals surface area contributed by atoms with E-state index in [4.69, 9.17) is 4.74 Å². The predicted octanol–water partition coefficient (Wildman–Crippen LogP) is 6.52. The van der Waals surface area contributed by atoms with E-state index >= 15 is 0 Å². The second kappa shape index (κ2) is 6.47. The number of anilines is 1. The van der Waals surface area contributed by atoms with E-state index in [1.807, 2.05) is 23.5 Å². The minimum atomic E-state index is 0.887.